The molecule has 2 atom stereocenters. The van der Waals surface area contributed by atoms with Crippen molar-refractivity contribution >= 4 is 23.2 Å². The molecule has 5 nitrogen and oxygen atoms in total. The van der Waals surface area contributed by atoms with Crippen molar-refractivity contribution in [2.75, 3.05) is 6.61 Å². The standard InChI is InChI=1S/C13H13Cl2N3O2/c14-9-1-2-11(12(15)3-9)13(19,4-10-5-20-10)6-18-8-16-7-17-18/h1-3,7-8,10,19H,4-6H2. The fourth-order valence-corrected chi connectivity index (χ4v) is 2.86. The average Bonchev–Trinajstić information content (AvgIpc) is 3.02. The lowest BCUT2D eigenvalue weighted by Crippen LogP contribution is -2.33. The number of aromatic nitrogens is 3. The number of halogens is 2. The molecule has 106 valence electrons. The summed E-state index contributed by atoms with van der Waals surface area (Å²) in [5.74, 6) is 0. The Balaban J connectivity index is 1.95. The molecule has 1 aliphatic rings. The largest absolute Gasteiger partial charge is 0.383 e. The van der Waals surface area contributed by atoms with Gasteiger partial charge in [0, 0.05) is 22.0 Å². The van der Waals surface area contributed by atoms with Crippen molar-refractivity contribution in [2.24, 2.45) is 0 Å². The second-order valence-corrected chi connectivity index (χ2v) is 5.75. The number of rotatable bonds is 5. The predicted octanol–water partition coefficient (Wildman–Crippen LogP) is 2.26. The van der Waals surface area contributed by atoms with Crippen molar-refractivity contribution in [2.45, 2.75) is 24.7 Å². The van der Waals surface area contributed by atoms with Gasteiger partial charge >= 0.3 is 0 Å². The molecule has 2 heterocycles. The van der Waals surface area contributed by atoms with Gasteiger partial charge in [0.15, 0.2) is 0 Å². The zero-order valence-electron chi connectivity index (χ0n) is 10.5. The molecule has 2 aromatic rings. The highest BCUT2D eigenvalue weighted by Crippen LogP contribution is 2.37. The lowest BCUT2D eigenvalue weighted by molar-refractivity contribution is -0.000202. The fraction of sp³-hybridized carbons (Fsp3) is 0.385. The van der Waals surface area contributed by atoms with Crippen molar-refractivity contribution in [3.8, 4) is 0 Å². The van der Waals surface area contributed by atoms with Crippen molar-refractivity contribution in [1.29, 1.82) is 0 Å². The predicted molar refractivity (Wildman–Crippen MR) is 74.7 cm³/mol. The van der Waals surface area contributed by atoms with Crippen LogP contribution in [0.25, 0.3) is 0 Å². The van der Waals surface area contributed by atoms with Crippen LogP contribution >= 0.6 is 23.2 Å². The van der Waals surface area contributed by atoms with Gasteiger partial charge in [-0.3, -0.25) is 0 Å². The van der Waals surface area contributed by atoms with E-state index >= 15 is 0 Å². The lowest BCUT2D eigenvalue weighted by atomic mass is 9.89. The van der Waals surface area contributed by atoms with Gasteiger partial charge in [0.25, 0.3) is 0 Å². The Bertz CT molecular complexity index is 602. The van der Waals surface area contributed by atoms with E-state index in [2.05, 4.69) is 10.1 Å². The zero-order chi connectivity index (χ0) is 14.2. The lowest BCUT2D eigenvalue weighted by Gasteiger charge is -2.29. The minimum Gasteiger partial charge on any atom is -0.383 e. The first-order valence-electron chi connectivity index (χ1n) is 6.19. The minimum atomic E-state index is -1.17. The van der Waals surface area contributed by atoms with Gasteiger partial charge in [0.05, 0.1) is 19.3 Å². The van der Waals surface area contributed by atoms with Crippen LogP contribution in [0, 0.1) is 0 Å². The summed E-state index contributed by atoms with van der Waals surface area (Å²) in [6, 6.07) is 5.07. The molecule has 20 heavy (non-hydrogen) atoms. The molecule has 0 bridgehead atoms. The number of hydrogen-bond acceptors (Lipinski definition) is 4. The van der Waals surface area contributed by atoms with Crippen molar-refractivity contribution in [1.82, 2.24) is 14.8 Å². The van der Waals surface area contributed by atoms with E-state index < -0.39 is 5.60 Å². The van der Waals surface area contributed by atoms with Crippen LogP contribution in [0.1, 0.15) is 12.0 Å². The van der Waals surface area contributed by atoms with Gasteiger partial charge < -0.3 is 9.84 Å². The summed E-state index contributed by atoms with van der Waals surface area (Å²) in [4.78, 5) is 3.89. The molecule has 1 fully saturated rings. The summed E-state index contributed by atoms with van der Waals surface area (Å²) in [6.07, 6.45) is 3.49. The molecule has 1 aromatic heterocycles. The van der Waals surface area contributed by atoms with Gasteiger partial charge in [-0.05, 0) is 12.1 Å². The van der Waals surface area contributed by atoms with E-state index in [9.17, 15) is 5.11 Å². The number of nitrogens with zero attached hydrogens (tertiary/aromatic N) is 3. The van der Waals surface area contributed by atoms with Gasteiger partial charge in [0.1, 0.15) is 18.3 Å². The maximum Gasteiger partial charge on any atom is 0.137 e. The van der Waals surface area contributed by atoms with E-state index in [1.807, 2.05) is 0 Å². The maximum atomic E-state index is 11.0. The van der Waals surface area contributed by atoms with Gasteiger partial charge in [-0.2, -0.15) is 5.10 Å². The van der Waals surface area contributed by atoms with E-state index in [1.54, 1.807) is 29.2 Å². The molecule has 0 amide bonds. The van der Waals surface area contributed by atoms with Crippen molar-refractivity contribution in [3.05, 3.63) is 46.5 Å². The highest BCUT2D eigenvalue weighted by atomic mass is 35.5. The molecular weight excluding hydrogens is 301 g/mol. The first kappa shape index (κ1) is 13.8. The maximum absolute atomic E-state index is 11.0. The third kappa shape index (κ3) is 2.96. The number of aliphatic hydroxyl groups is 1. The van der Waals surface area contributed by atoms with Gasteiger partial charge in [-0.1, -0.05) is 29.3 Å². The Morgan fingerprint density at radius 3 is 2.85 bits per heavy atom. The summed E-state index contributed by atoms with van der Waals surface area (Å²) < 4.78 is 6.81. The monoisotopic (exact) mass is 313 g/mol. The van der Waals surface area contributed by atoms with Crippen LogP contribution in [0.2, 0.25) is 10.0 Å². The summed E-state index contributed by atoms with van der Waals surface area (Å²) in [7, 11) is 0. The quantitative estimate of drug-likeness (QED) is 0.860. The van der Waals surface area contributed by atoms with Gasteiger partial charge in [0.2, 0.25) is 0 Å². The molecule has 0 radical (unpaired) electrons. The van der Waals surface area contributed by atoms with Gasteiger partial charge in [-0.25, -0.2) is 9.67 Å². The summed E-state index contributed by atoms with van der Waals surface area (Å²) in [5.41, 5.74) is -0.550. The van der Waals surface area contributed by atoms with E-state index in [1.165, 1.54) is 6.33 Å². The number of ether oxygens (including phenoxy) is 1. The Labute approximate surface area is 126 Å². The van der Waals surface area contributed by atoms with Crippen LogP contribution < -0.4 is 0 Å². The van der Waals surface area contributed by atoms with E-state index in [0.29, 0.717) is 28.6 Å². The molecule has 3 rings (SSSR count). The topological polar surface area (TPSA) is 63.5 Å². The molecule has 0 aliphatic carbocycles. The summed E-state index contributed by atoms with van der Waals surface area (Å²) >= 11 is 12.1. The SMILES string of the molecule is OC(CC1CO1)(Cn1cncn1)c1ccc(Cl)cc1Cl. The molecule has 0 saturated carbocycles. The van der Waals surface area contributed by atoms with Crippen molar-refractivity contribution in [3.63, 3.8) is 0 Å². The van der Waals surface area contributed by atoms with Crippen LogP contribution in [0.15, 0.2) is 30.9 Å². The highest BCUT2D eigenvalue weighted by Gasteiger charge is 2.39. The van der Waals surface area contributed by atoms with E-state index in [0.717, 1.165) is 0 Å². The Morgan fingerprint density at radius 2 is 2.25 bits per heavy atom. The molecular formula is C13H13Cl2N3O2. The third-order valence-corrected chi connectivity index (χ3v) is 3.84. The molecule has 0 spiro atoms. The normalized spacial score (nSPS) is 20.6. The molecule has 2 unspecified atom stereocenters. The first-order chi connectivity index (χ1) is 9.57. The summed E-state index contributed by atoms with van der Waals surface area (Å²) in [6.45, 7) is 0.916. The number of hydrogen-bond donors (Lipinski definition) is 1. The average molecular weight is 314 g/mol. The Morgan fingerprint density at radius 1 is 1.45 bits per heavy atom. The van der Waals surface area contributed by atoms with Crippen LogP contribution in [0.4, 0.5) is 0 Å². The van der Waals surface area contributed by atoms with Gasteiger partial charge in [-0.15, -0.1) is 0 Å². The second-order valence-electron chi connectivity index (χ2n) is 4.91. The van der Waals surface area contributed by atoms with E-state index in [-0.39, 0.29) is 12.6 Å². The van der Waals surface area contributed by atoms with Crippen LogP contribution in [-0.4, -0.2) is 32.6 Å². The molecule has 1 aromatic carbocycles. The molecule has 1 N–H and O–H groups in total. The highest BCUT2D eigenvalue weighted by molar-refractivity contribution is 6.35. The first-order valence-corrected chi connectivity index (χ1v) is 6.94. The number of epoxide rings is 1. The third-order valence-electron chi connectivity index (χ3n) is 3.29. The Hall–Kier alpha value is -1.14. The summed E-state index contributed by atoms with van der Waals surface area (Å²) in [5, 5.41) is 16.0. The van der Waals surface area contributed by atoms with Crippen LogP contribution in [0.3, 0.4) is 0 Å². The molecule has 7 heteroatoms. The van der Waals surface area contributed by atoms with Crippen molar-refractivity contribution < 1.29 is 9.84 Å². The van der Waals surface area contributed by atoms with E-state index in [4.69, 9.17) is 27.9 Å². The van der Waals surface area contributed by atoms with Crippen LogP contribution in [0.5, 0.6) is 0 Å². The zero-order valence-corrected chi connectivity index (χ0v) is 12.1. The molecule has 1 aliphatic heterocycles. The molecule has 1 saturated heterocycles. The second kappa shape index (κ2) is 5.33. The number of benzene rings is 1. The Kier molecular flexibility index (Phi) is 3.69. The minimum absolute atomic E-state index is 0.0512. The fourth-order valence-electron chi connectivity index (χ4n) is 2.27. The smallest absolute Gasteiger partial charge is 0.137 e. The van der Waals surface area contributed by atoms with Crippen LogP contribution in [-0.2, 0) is 16.9 Å².